The Balaban J connectivity index is 1.48. The molecule has 1 saturated heterocycles. The van der Waals surface area contributed by atoms with Gasteiger partial charge in [-0.3, -0.25) is 0 Å². The molecule has 2 aliphatic rings. The average Bonchev–Trinajstić information content (AvgIpc) is 2.78. The quantitative estimate of drug-likeness (QED) is 0.510. The predicted molar refractivity (Wildman–Crippen MR) is 132 cm³/mol. The van der Waals surface area contributed by atoms with Crippen LogP contribution in [0.15, 0.2) is 41.3 Å². The second-order valence-corrected chi connectivity index (χ2v) is 11.3. The largest absolute Gasteiger partial charge is 0.491 e. The molecule has 1 N–H and O–H groups in total. The van der Waals surface area contributed by atoms with Crippen molar-refractivity contribution in [2.45, 2.75) is 56.6 Å². The Labute approximate surface area is 210 Å². The maximum absolute atomic E-state index is 13.9. The molecule has 0 bridgehead atoms. The summed E-state index contributed by atoms with van der Waals surface area (Å²) < 4.78 is 80.5. The molecule has 0 spiro atoms. The van der Waals surface area contributed by atoms with E-state index in [1.807, 2.05) is 10.8 Å². The minimum Gasteiger partial charge on any atom is -0.491 e. The monoisotopic (exact) mass is 526 g/mol. The molecule has 1 aliphatic carbocycles. The Hall–Kier alpha value is -2.30. The number of anilines is 1. The maximum Gasteiger partial charge on any atom is 0.408 e. The second kappa shape index (κ2) is 11.0. The smallest absolute Gasteiger partial charge is 0.408 e. The van der Waals surface area contributed by atoms with Crippen molar-refractivity contribution in [3.05, 3.63) is 53.1 Å². The van der Waals surface area contributed by atoms with E-state index in [0.717, 1.165) is 30.5 Å². The summed E-state index contributed by atoms with van der Waals surface area (Å²) in [7, 11) is -4.44. The van der Waals surface area contributed by atoms with Gasteiger partial charge in [-0.25, -0.2) is 8.42 Å². The highest BCUT2D eigenvalue weighted by molar-refractivity contribution is 7.89. The zero-order valence-electron chi connectivity index (χ0n) is 20.6. The van der Waals surface area contributed by atoms with E-state index < -0.39 is 28.8 Å². The lowest BCUT2D eigenvalue weighted by atomic mass is 9.80. The number of alkyl halides is 3. The number of rotatable bonds is 9. The topological polar surface area (TPSA) is 67.9 Å². The van der Waals surface area contributed by atoms with E-state index in [1.165, 1.54) is 6.42 Å². The predicted octanol–water partition coefficient (Wildman–Crippen LogP) is 4.77. The molecule has 2 fully saturated rings. The van der Waals surface area contributed by atoms with Crippen molar-refractivity contribution in [3.8, 4) is 5.75 Å². The van der Waals surface area contributed by atoms with Crippen molar-refractivity contribution in [3.63, 3.8) is 0 Å². The molecule has 1 heterocycles. The molecule has 2 aromatic carbocycles. The summed E-state index contributed by atoms with van der Waals surface area (Å²) in [6.45, 7) is 4.86. The highest BCUT2D eigenvalue weighted by Crippen LogP contribution is 2.32. The molecule has 4 rings (SSSR count). The SMILES string of the molecule is Cc1cc(CC2CCC2)cc(C)c1S(=O)(=O)NC(COc1cccc(N2CCOCC2)c1)C(F)(F)F. The molecule has 1 aliphatic heterocycles. The van der Waals surface area contributed by atoms with Crippen LogP contribution in [0.4, 0.5) is 18.9 Å². The summed E-state index contributed by atoms with van der Waals surface area (Å²) in [6.07, 6.45) is -0.457. The summed E-state index contributed by atoms with van der Waals surface area (Å²) in [5.41, 5.74) is 2.71. The molecule has 1 saturated carbocycles. The Morgan fingerprint density at radius 1 is 1.11 bits per heavy atom. The van der Waals surface area contributed by atoms with Gasteiger partial charge in [0.15, 0.2) is 6.04 Å². The summed E-state index contributed by atoms with van der Waals surface area (Å²) >= 11 is 0. The number of nitrogens with one attached hydrogen (secondary N) is 1. The maximum atomic E-state index is 13.9. The van der Waals surface area contributed by atoms with Crippen molar-refractivity contribution in [2.24, 2.45) is 5.92 Å². The van der Waals surface area contributed by atoms with E-state index >= 15 is 0 Å². The Bertz CT molecular complexity index is 1140. The van der Waals surface area contributed by atoms with Crippen molar-refractivity contribution in [1.29, 1.82) is 0 Å². The van der Waals surface area contributed by atoms with Crippen LogP contribution in [0.1, 0.15) is 36.0 Å². The van der Waals surface area contributed by atoms with Crippen molar-refractivity contribution in [2.75, 3.05) is 37.8 Å². The van der Waals surface area contributed by atoms with Crippen LogP contribution in [-0.4, -0.2) is 53.5 Å². The Morgan fingerprint density at radius 2 is 1.78 bits per heavy atom. The molecule has 0 aromatic heterocycles. The molecule has 0 radical (unpaired) electrons. The highest BCUT2D eigenvalue weighted by atomic mass is 32.2. The van der Waals surface area contributed by atoms with Crippen molar-refractivity contribution in [1.82, 2.24) is 4.72 Å². The number of hydrogen-bond donors (Lipinski definition) is 1. The molecule has 6 nitrogen and oxygen atoms in total. The molecule has 2 aromatic rings. The number of sulfonamides is 1. The number of halogens is 3. The van der Waals surface area contributed by atoms with Gasteiger partial charge in [-0.1, -0.05) is 37.5 Å². The molecule has 0 amide bonds. The van der Waals surface area contributed by atoms with Crippen LogP contribution in [0, 0.1) is 19.8 Å². The summed E-state index contributed by atoms with van der Waals surface area (Å²) in [4.78, 5) is 1.95. The van der Waals surface area contributed by atoms with Crippen LogP contribution < -0.4 is 14.4 Å². The first-order valence-electron chi connectivity index (χ1n) is 12.3. The molecule has 1 unspecified atom stereocenters. The van der Waals surface area contributed by atoms with Gasteiger partial charge in [-0.15, -0.1) is 0 Å². The number of benzene rings is 2. The Morgan fingerprint density at radius 3 is 2.36 bits per heavy atom. The van der Waals surface area contributed by atoms with Crippen LogP contribution in [-0.2, 0) is 21.2 Å². The van der Waals surface area contributed by atoms with Gasteiger partial charge in [0.25, 0.3) is 0 Å². The number of aryl methyl sites for hydroxylation is 2. The molecule has 1 atom stereocenters. The average molecular weight is 527 g/mol. The van der Waals surface area contributed by atoms with Crippen LogP contribution in [0.3, 0.4) is 0 Å². The van der Waals surface area contributed by atoms with Crippen LogP contribution >= 0.6 is 0 Å². The lowest BCUT2D eigenvalue weighted by Crippen LogP contribution is -2.49. The molecular formula is C26H33F3N2O4S. The van der Waals surface area contributed by atoms with Gasteiger partial charge in [-0.05, 0) is 55.0 Å². The lowest BCUT2D eigenvalue weighted by Gasteiger charge is -2.29. The molecule has 10 heteroatoms. The minimum atomic E-state index is -4.83. The zero-order chi connectivity index (χ0) is 25.9. The third-order valence-corrected chi connectivity index (χ3v) is 8.62. The summed E-state index contributed by atoms with van der Waals surface area (Å²) in [5.74, 6) is 0.832. The van der Waals surface area contributed by atoms with Gasteiger partial charge in [0, 0.05) is 24.8 Å². The van der Waals surface area contributed by atoms with Gasteiger partial charge >= 0.3 is 6.18 Å². The van der Waals surface area contributed by atoms with Gasteiger partial charge < -0.3 is 14.4 Å². The van der Waals surface area contributed by atoms with Crippen LogP contribution in [0.2, 0.25) is 0 Å². The summed E-state index contributed by atoms with van der Waals surface area (Å²) in [6, 6.07) is 7.91. The van der Waals surface area contributed by atoms with E-state index in [4.69, 9.17) is 9.47 Å². The van der Waals surface area contributed by atoms with E-state index in [1.54, 1.807) is 44.2 Å². The molecular weight excluding hydrogens is 493 g/mol. The first-order chi connectivity index (χ1) is 17.0. The van der Waals surface area contributed by atoms with Crippen LogP contribution in [0.5, 0.6) is 5.75 Å². The number of ether oxygens (including phenoxy) is 2. The number of hydrogen-bond acceptors (Lipinski definition) is 5. The third kappa shape index (κ3) is 6.52. The fourth-order valence-electron chi connectivity index (χ4n) is 4.82. The summed E-state index contributed by atoms with van der Waals surface area (Å²) in [5, 5.41) is 0. The fraction of sp³-hybridized carbons (Fsp3) is 0.538. The first-order valence-corrected chi connectivity index (χ1v) is 13.8. The first kappa shape index (κ1) is 26.8. The van der Waals surface area contributed by atoms with Gasteiger partial charge in [0.1, 0.15) is 12.4 Å². The highest BCUT2D eigenvalue weighted by Gasteiger charge is 2.43. The minimum absolute atomic E-state index is 0.108. The van der Waals surface area contributed by atoms with E-state index in [9.17, 15) is 21.6 Å². The Kier molecular flexibility index (Phi) is 8.16. The van der Waals surface area contributed by atoms with E-state index in [-0.39, 0.29) is 10.6 Å². The van der Waals surface area contributed by atoms with Gasteiger partial charge in [-0.2, -0.15) is 17.9 Å². The van der Waals surface area contributed by atoms with Gasteiger partial charge in [0.05, 0.1) is 18.1 Å². The molecule has 36 heavy (non-hydrogen) atoms. The second-order valence-electron chi connectivity index (χ2n) is 9.68. The van der Waals surface area contributed by atoms with Crippen molar-refractivity contribution >= 4 is 15.7 Å². The lowest BCUT2D eigenvalue weighted by molar-refractivity contribution is -0.157. The van der Waals surface area contributed by atoms with Gasteiger partial charge in [0.2, 0.25) is 10.0 Å². The van der Waals surface area contributed by atoms with E-state index in [0.29, 0.717) is 43.3 Å². The fourth-order valence-corrected chi connectivity index (χ4v) is 6.48. The standard InChI is InChI=1S/C26H33F3N2O4S/c1-18-13-21(15-20-5-3-6-20)14-19(2)25(18)36(32,33)30-24(26(27,28)29)17-35-23-8-4-7-22(16-23)31-9-11-34-12-10-31/h4,7-8,13-14,16,20,24,30H,3,5-6,9-12,15,17H2,1-2H3. The number of nitrogens with zero attached hydrogens (tertiary/aromatic N) is 1. The molecule has 198 valence electrons. The normalized spacial score (nSPS) is 18.1. The number of morpholine rings is 1. The van der Waals surface area contributed by atoms with E-state index in [2.05, 4.69) is 4.90 Å². The van der Waals surface area contributed by atoms with Crippen molar-refractivity contribution < 1.29 is 31.1 Å². The third-order valence-electron chi connectivity index (χ3n) is 6.84. The zero-order valence-corrected chi connectivity index (χ0v) is 21.4. The van der Waals surface area contributed by atoms with Crippen LogP contribution in [0.25, 0.3) is 0 Å².